The number of aromatic nitrogens is 2. The second-order valence-corrected chi connectivity index (χ2v) is 11.8. The van der Waals surface area contributed by atoms with Crippen molar-refractivity contribution >= 4 is 41.5 Å². The second kappa shape index (κ2) is 11.2. The summed E-state index contributed by atoms with van der Waals surface area (Å²) in [7, 11) is -1.52. The first-order valence-corrected chi connectivity index (χ1v) is 13.7. The van der Waals surface area contributed by atoms with E-state index in [2.05, 4.69) is 30.9 Å². The minimum Gasteiger partial charge on any atom is -0.489 e. The number of hydroxylamine groups is 1. The number of hydrogen-bond acceptors (Lipinski definition) is 8. The van der Waals surface area contributed by atoms with Crippen molar-refractivity contribution in [3.8, 4) is 5.75 Å². The number of benzene rings is 2. The van der Waals surface area contributed by atoms with Crippen molar-refractivity contribution in [3.05, 3.63) is 59.8 Å². The summed E-state index contributed by atoms with van der Waals surface area (Å²) in [6.45, 7) is 6.61. The fraction of sp³-hybridized carbons (Fsp3) is 0.292. The number of hydrogen-bond donors (Lipinski definition) is 3. The molecule has 0 spiro atoms. The molecule has 0 radical (unpaired) electrons. The molecule has 3 aromatic rings. The van der Waals surface area contributed by atoms with Gasteiger partial charge in [0.2, 0.25) is 5.95 Å². The minimum absolute atomic E-state index is 0.160. The van der Waals surface area contributed by atoms with Gasteiger partial charge in [0, 0.05) is 17.1 Å². The largest absolute Gasteiger partial charge is 0.489 e. The number of nitrogens with zero attached hydrogens (tertiary/aromatic N) is 2. The summed E-state index contributed by atoms with van der Waals surface area (Å²) in [6, 6.07) is 10.8. The van der Waals surface area contributed by atoms with Crippen LogP contribution in [-0.2, 0) is 15.6 Å². The van der Waals surface area contributed by atoms with Crippen LogP contribution < -0.4 is 26.2 Å². The highest BCUT2D eigenvalue weighted by atomic mass is 31.2. The molecule has 13 heteroatoms. The van der Waals surface area contributed by atoms with E-state index in [9.17, 15) is 22.5 Å². The first-order valence-electron chi connectivity index (χ1n) is 11.1. The van der Waals surface area contributed by atoms with E-state index < -0.39 is 30.6 Å². The normalized spacial score (nSPS) is 11.8. The van der Waals surface area contributed by atoms with Crippen molar-refractivity contribution in [3.63, 3.8) is 0 Å². The minimum atomic E-state index is -4.75. The predicted octanol–water partition coefficient (Wildman–Crippen LogP) is 5.31. The van der Waals surface area contributed by atoms with Crippen LogP contribution in [0.2, 0.25) is 0 Å². The number of halogens is 3. The molecule has 0 bridgehead atoms. The molecule has 0 aliphatic heterocycles. The monoisotopic (exact) mass is 537 g/mol. The molecular formula is C24H27F3N5O4P. The second-order valence-electron chi connectivity index (χ2n) is 8.58. The predicted molar refractivity (Wildman–Crippen MR) is 136 cm³/mol. The van der Waals surface area contributed by atoms with Gasteiger partial charge in [-0.2, -0.15) is 18.2 Å². The molecule has 1 amide bonds. The van der Waals surface area contributed by atoms with Crippen molar-refractivity contribution in [1.29, 1.82) is 0 Å². The van der Waals surface area contributed by atoms with Crippen molar-refractivity contribution < 1.29 is 32.1 Å². The summed E-state index contributed by atoms with van der Waals surface area (Å²) < 4.78 is 59.8. The van der Waals surface area contributed by atoms with Crippen LogP contribution in [-0.4, -0.2) is 42.4 Å². The van der Waals surface area contributed by atoms with Crippen molar-refractivity contribution in [2.45, 2.75) is 26.1 Å². The van der Waals surface area contributed by atoms with Crippen LogP contribution >= 0.6 is 7.14 Å². The molecule has 0 unspecified atom stereocenters. The lowest BCUT2D eigenvalue weighted by atomic mass is 10.1. The quantitative estimate of drug-likeness (QED) is 0.249. The maximum absolute atomic E-state index is 13.8. The number of carbonyl (C=O) groups is 1. The summed E-state index contributed by atoms with van der Waals surface area (Å²) in [4.78, 5) is 24.7. The number of alkyl halides is 3. The Labute approximate surface area is 212 Å². The number of para-hydroxylation sites is 1. The third kappa shape index (κ3) is 7.21. The maximum Gasteiger partial charge on any atom is 0.421 e. The van der Waals surface area contributed by atoms with Gasteiger partial charge >= 0.3 is 6.18 Å². The van der Waals surface area contributed by atoms with E-state index in [1.807, 2.05) is 0 Å². The molecule has 198 valence electrons. The standard InChI is InChI=1S/C24H27F3N5O4P/c1-14(2)36-19-12-15(22(33)32-35-3)10-11-17(19)30-23-28-13-16(24(25,26)27)21(31-23)29-18-8-6-7-9-20(18)37(4,5)34/h6-14H,1-5H3,(H,32,33)(H2,28,29,30,31). The first-order chi connectivity index (χ1) is 17.3. The average molecular weight is 537 g/mol. The molecule has 1 aromatic heterocycles. The number of amides is 1. The molecule has 0 fully saturated rings. The Morgan fingerprint density at radius 1 is 1.05 bits per heavy atom. The number of nitrogens with one attached hydrogen (secondary N) is 3. The Morgan fingerprint density at radius 2 is 1.76 bits per heavy atom. The van der Waals surface area contributed by atoms with E-state index in [4.69, 9.17) is 4.74 Å². The van der Waals surface area contributed by atoms with E-state index >= 15 is 0 Å². The van der Waals surface area contributed by atoms with Crippen LogP contribution in [0.5, 0.6) is 5.75 Å². The lowest BCUT2D eigenvalue weighted by Crippen LogP contribution is -2.22. The van der Waals surface area contributed by atoms with Gasteiger partial charge in [0.05, 0.1) is 24.6 Å². The molecule has 3 N–H and O–H groups in total. The van der Waals surface area contributed by atoms with Crippen molar-refractivity contribution in [2.24, 2.45) is 0 Å². The Balaban J connectivity index is 2.03. The van der Waals surface area contributed by atoms with E-state index in [0.717, 1.165) is 0 Å². The smallest absolute Gasteiger partial charge is 0.421 e. The van der Waals surface area contributed by atoms with Gasteiger partial charge in [-0.15, -0.1) is 0 Å². The Bertz CT molecular complexity index is 1330. The van der Waals surface area contributed by atoms with E-state index in [1.165, 1.54) is 44.7 Å². The fourth-order valence-electron chi connectivity index (χ4n) is 3.31. The van der Waals surface area contributed by atoms with Crippen LogP contribution in [0.25, 0.3) is 0 Å². The number of rotatable bonds is 9. The Kier molecular flexibility index (Phi) is 8.45. The van der Waals surface area contributed by atoms with E-state index in [1.54, 1.807) is 32.0 Å². The molecule has 0 saturated heterocycles. The molecule has 37 heavy (non-hydrogen) atoms. The summed E-state index contributed by atoms with van der Waals surface area (Å²) in [5, 5.41) is 5.92. The van der Waals surface area contributed by atoms with Gasteiger partial charge in [0.25, 0.3) is 5.91 Å². The van der Waals surface area contributed by atoms with Gasteiger partial charge in [0.1, 0.15) is 24.3 Å². The van der Waals surface area contributed by atoms with Gasteiger partial charge in [-0.25, -0.2) is 10.5 Å². The number of carbonyl (C=O) groups excluding carboxylic acids is 1. The third-order valence-electron chi connectivity index (χ3n) is 4.88. The fourth-order valence-corrected chi connectivity index (χ4v) is 4.47. The maximum atomic E-state index is 13.8. The summed E-state index contributed by atoms with van der Waals surface area (Å²) in [6.07, 6.45) is -4.37. The molecule has 0 aliphatic rings. The van der Waals surface area contributed by atoms with Crippen LogP contribution in [0.3, 0.4) is 0 Å². The Hall–Kier alpha value is -3.63. The molecule has 0 saturated carbocycles. The summed E-state index contributed by atoms with van der Waals surface area (Å²) in [5.41, 5.74) is 1.90. The Morgan fingerprint density at radius 3 is 2.38 bits per heavy atom. The van der Waals surface area contributed by atoms with E-state index in [-0.39, 0.29) is 29.1 Å². The molecule has 9 nitrogen and oxygen atoms in total. The van der Waals surface area contributed by atoms with Crippen molar-refractivity contribution in [2.75, 3.05) is 31.1 Å². The van der Waals surface area contributed by atoms with Gasteiger partial charge in [0.15, 0.2) is 0 Å². The highest BCUT2D eigenvalue weighted by molar-refractivity contribution is 7.70. The van der Waals surface area contributed by atoms with Gasteiger partial charge in [-0.3, -0.25) is 9.63 Å². The van der Waals surface area contributed by atoms with Crippen LogP contribution in [0, 0.1) is 0 Å². The molecule has 3 rings (SSSR count). The van der Waals surface area contributed by atoms with E-state index in [0.29, 0.717) is 17.2 Å². The topological polar surface area (TPSA) is 114 Å². The van der Waals surface area contributed by atoms with Gasteiger partial charge < -0.3 is 19.9 Å². The number of anilines is 4. The molecular weight excluding hydrogens is 510 g/mol. The summed E-state index contributed by atoms with van der Waals surface area (Å²) in [5.74, 6) is -0.942. The van der Waals surface area contributed by atoms with Crippen molar-refractivity contribution in [1.82, 2.24) is 15.4 Å². The zero-order chi connectivity index (χ0) is 27.4. The first kappa shape index (κ1) is 27.9. The van der Waals surface area contributed by atoms with Gasteiger partial charge in [-0.05, 0) is 57.5 Å². The van der Waals surface area contributed by atoms with Crippen LogP contribution in [0.15, 0.2) is 48.7 Å². The molecule has 0 atom stereocenters. The van der Waals surface area contributed by atoms with Crippen LogP contribution in [0.1, 0.15) is 29.8 Å². The SMILES string of the molecule is CONC(=O)c1ccc(Nc2ncc(C(F)(F)F)c(Nc3ccccc3P(C)(C)=O)n2)c(OC(C)C)c1. The lowest BCUT2D eigenvalue weighted by molar-refractivity contribution is -0.137. The molecule has 0 aliphatic carbocycles. The van der Waals surface area contributed by atoms with Crippen LogP contribution in [0.4, 0.5) is 36.3 Å². The van der Waals surface area contributed by atoms with Gasteiger partial charge in [-0.1, -0.05) is 12.1 Å². The number of ether oxygens (including phenoxy) is 1. The molecule has 1 heterocycles. The average Bonchev–Trinajstić information content (AvgIpc) is 2.79. The highest BCUT2D eigenvalue weighted by Crippen LogP contribution is 2.40. The zero-order valence-corrected chi connectivity index (χ0v) is 21.7. The summed E-state index contributed by atoms with van der Waals surface area (Å²) >= 11 is 0. The third-order valence-corrected chi connectivity index (χ3v) is 6.43. The highest BCUT2D eigenvalue weighted by Gasteiger charge is 2.36. The lowest BCUT2D eigenvalue weighted by Gasteiger charge is -2.19. The zero-order valence-electron chi connectivity index (χ0n) is 20.8. The molecule has 2 aromatic carbocycles.